The number of hydrogen-bond donors (Lipinski definition) is 1. The third-order valence-electron chi connectivity index (χ3n) is 2.78. The molecule has 1 aromatic heterocycles. The number of nitriles is 1. The number of rotatable bonds is 1. The maximum Gasteiger partial charge on any atom is 0.269 e. The minimum atomic E-state index is -0.456. The van der Waals surface area contributed by atoms with Gasteiger partial charge in [-0.25, -0.2) is 4.98 Å². The summed E-state index contributed by atoms with van der Waals surface area (Å²) in [5.74, 6) is 1.24. The molecule has 1 aliphatic heterocycles. The van der Waals surface area contributed by atoms with E-state index in [-0.39, 0.29) is 5.56 Å². The Labute approximate surface area is 108 Å². The lowest BCUT2D eigenvalue weighted by Crippen LogP contribution is -2.15. The highest BCUT2D eigenvalue weighted by Crippen LogP contribution is 2.34. The van der Waals surface area contributed by atoms with E-state index in [0.717, 1.165) is 0 Å². The number of H-pyrrole nitrogens is 1. The second kappa shape index (κ2) is 4.46. The van der Waals surface area contributed by atoms with Crippen LogP contribution in [0.3, 0.4) is 0 Å². The molecule has 0 aliphatic carbocycles. The first kappa shape index (κ1) is 11.3. The Kier molecular flexibility index (Phi) is 2.65. The molecule has 0 saturated heterocycles. The van der Waals surface area contributed by atoms with Gasteiger partial charge in [0, 0.05) is 5.56 Å². The van der Waals surface area contributed by atoms with Gasteiger partial charge in [0.25, 0.3) is 5.56 Å². The van der Waals surface area contributed by atoms with Gasteiger partial charge in [0.15, 0.2) is 11.5 Å². The van der Waals surface area contributed by atoms with Gasteiger partial charge in [0.2, 0.25) is 0 Å². The van der Waals surface area contributed by atoms with Gasteiger partial charge in [0.05, 0.1) is 12.0 Å². The molecule has 94 valence electrons. The van der Waals surface area contributed by atoms with Crippen molar-refractivity contribution in [3.8, 4) is 28.8 Å². The normalized spacial score (nSPS) is 12.8. The summed E-state index contributed by atoms with van der Waals surface area (Å²) in [5.41, 5.74) is 0.511. The smallest absolute Gasteiger partial charge is 0.269 e. The van der Waals surface area contributed by atoms with E-state index < -0.39 is 5.56 Å². The molecule has 0 fully saturated rings. The third kappa shape index (κ3) is 1.91. The Bertz CT molecular complexity index is 731. The van der Waals surface area contributed by atoms with Crippen LogP contribution < -0.4 is 15.0 Å². The molecule has 0 bridgehead atoms. The fourth-order valence-corrected chi connectivity index (χ4v) is 1.91. The molecular formula is C13H9N3O3. The standard InChI is InChI=1S/C13H9N3O3/c14-6-9-12(15-7-16-13(9)17)8-1-2-10-11(5-8)19-4-3-18-10/h1-2,5,7H,3-4H2,(H,15,16,17). The SMILES string of the molecule is N#Cc1c(-c2ccc3c(c2)OCCO3)nc[nH]c1=O. The summed E-state index contributed by atoms with van der Waals surface area (Å²) in [7, 11) is 0. The first-order chi connectivity index (χ1) is 9.29. The first-order valence-electron chi connectivity index (χ1n) is 5.67. The van der Waals surface area contributed by atoms with E-state index in [1.165, 1.54) is 6.33 Å². The molecule has 0 spiro atoms. The molecule has 0 amide bonds. The number of ether oxygens (including phenoxy) is 2. The minimum Gasteiger partial charge on any atom is -0.486 e. The molecule has 0 atom stereocenters. The molecule has 0 unspecified atom stereocenters. The number of nitrogens with zero attached hydrogens (tertiary/aromatic N) is 2. The van der Waals surface area contributed by atoms with Crippen molar-refractivity contribution < 1.29 is 9.47 Å². The molecular weight excluding hydrogens is 246 g/mol. The van der Waals surface area contributed by atoms with Crippen molar-refractivity contribution in [1.29, 1.82) is 5.26 Å². The summed E-state index contributed by atoms with van der Waals surface area (Å²) in [6.07, 6.45) is 1.27. The van der Waals surface area contributed by atoms with Crippen molar-refractivity contribution in [2.24, 2.45) is 0 Å². The molecule has 2 heterocycles. The van der Waals surface area contributed by atoms with Gasteiger partial charge in [-0.3, -0.25) is 4.79 Å². The zero-order chi connectivity index (χ0) is 13.2. The van der Waals surface area contributed by atoms with Crippen molar-refractivity contribution >= 4 is 0 Å². The van der Waals surface area contributed by atoms with E-state index in [2.05, 4.69) is 9.97 Å². The van der Waals surface area contributed by atoms with Crippen LogP contribution in [0.1, 0.15) is 5.56 Å². The van der Waals surface area contributed by atoms with Crippen LogP contribution in [0.15, 0.2) is 29.3 Å². The Morgan fingerprint density at radius 2 is 2.05 bits per heavy atom. The number of aromatic nitrogens is 2. The topological polar surface area (TPSA) is 88.0 Å². The Morgan fingerprint density at radius 3 is 2.84 bits per heavy atom. The number of benzene rings is 1. The fourth-order valence-electron chi connectivity index (χ4n) is 1.91. The van der Waals surface area contributed by atoms with Crippen LogP contribution in [0.2, 0.25) is 0 Å². The molecule has 3 rings (SSSR count). The summed E-state index contributed by atoms with van der Waals surface area (Å²) < 4.78 is 10.9. The molecule has 2 aromatic rings. The number of aromatic amines is 1. The second-order valence-electron chi connectivity index (χ2n) is 3.93. The minimum absolute atomic E-state index is 0.0147. The largest absolute Gasteiger partial charge is 0.486 e. The summed E-state index contributed by atoms with van der Waals surface area (Å²) >= 11 is 0. The quantitative estimate of drug-likeness (QED) is 0.823. The van der Waals surface area contributed by atoms with E-state index in [1.54, 1.807) is 18.2 Å². The number of hydrogen-bond acceptors (Lipinski definition) is 5. The third-order valence-corrected chi connectivity index (χ3v) is 2.78. The van der Waals surface area contributed by atoms with Crippen LogP contribution in [0.4, 0.5) is 0 Å². The van der Waals surface area contributed by atoms with Crippen molar-refractivity contribution in [3.05, 3.63) is 40.4 Å². The van der Waals surface area contributed by atoms with Crippen LogP contribution in [-0.2, 0) is 0 Å². The van der Waals surface area contributed by atoms with Crippen LogP contribution >= 0.6 is 0 Å². The van der Waals surface area contributed by atoms with Crippen LogP contribution in [0, 0.1) is 11.3 Å². The zero-order valence-electron chi connectivity index (χ0n) is 9.84. The monoisotopic (exact) mass is 255 g/mol. The van der Waals surface area contributed by atoms with Crippen LogP contribution in [-0.4, -0.2) is 23.2 Å². The van der Waals surface area contributed by atoms with Gasteiger partial charge in [-0.1, -0.05) is 0 Å². The van der Waals surface area contributed by atoms with E-state index in [9.17, 15) is 4.79 Å². The van der Waals surface area contributed by atoms with Crippen molar-refractivity contribution in [1.82, 2.24) is 9.97 Å². The number of fused-ring (bicyclic) bond motifs is 1. The lowest BCUT2D eigenvalue weighted by Gasteiger charge is -2.18. The van der Waals surface area contributed by atoms with Gasteiger partial charge in [0.1, 0.15) is 24.8 Å². The maximum absolute atomic E-state index is 11.6. The lowest BCUT2D eigenvalue weighted by molar-refractivity contribution is 0.171. The summed E-state index contributed by atoms with van der Waals surface area (Å²) in [6.45, 7) is 0.989. The Morgan fingerprint density at radius 1 is 1.26 bits per heavy atom. The van der Waals surface area contributed by atoms with Crippen molar-refractivity contribution in [2.45, 2.75) is 0 Å². The van der Waals surface area contributed by atoms with Gasteiger partial charge < -0.3 is 14.5 Å². The second-order valence-corrected chi connectivity index (χ2v) is 3.93. The van der Waals surface area contributed by atoms with Crippen molar-refractivity contribution in [2.75, 3.05) is 13.2 Å². The molecule has 6 heteroatoms. The molecule has 6 nitrogen and oxygen atoms in total. The Hall–Kier alpha value is -2.81. The molecule has 1 aromatic carbocycles. The predicted octanol–water partition coefficient (Wildman–Crippen LogP) is 1.08. The lowest BCUT2D eigenvalue weighted by atomic mass is 10.1. The summed E-state index contributed by atoms with van der Waals surface area (Å²) in [6, 6.07) is 7.07. The van der Waals surface area contributed by atoms with Crippen LogP contribution in [0.5, 0.6) is 11.5 Å². The molecule has 19 heavy (non-hydrogen) atoms. The Balaban J connectivity index is 2.16. The van der Waals surface area contributed by atoms with E-state index in [0.29, 0.717) is 36.0 Å². The van der Waals surface area contributed by atoms with E-state index in [4.69, 9.17) is 14.7 Å². The predicted molar refractivity (Wildman–Crippen MR) is 66.0 cm³/mol. The summed E-state index contributed by atoms with van der Waals surface area (Å²) in [4.78, 5) is 18.0. The highest BCUT2D eigenvalue weighted by Gasteiger charge is 2.15. The molecule has 1 N–H and O–H groups in total. The molecule has 1 aliphatic rings. The average molecular weight is 255 g/mol. The first-order valence-corrected chi connectivity index (χ1v) is 5.67. The summed E-state index contributed by atoms with van der Waals surface area (Å²) in [5, 5.41) is 9.03. The van der Waals surface area contributed by atoms with Gasteiger partial charge in [-0.05, 0) is 18.2 Å². The maximum atomic E-state index is 11.6. The van der Waals surface area contributed by atoms with Gasteiger partial charge >= 0.3 is 0 Å². The molecule has 0 saturated carbocycles. The number of nitrogens with one attached hydrogen (secondary N) is 1. The van der Waals surface area contributed by atoms with Gasteiger partial charge in [-0.2, -0.15) is 5.26 Å². The van der Waals surface area contributed by atoms with E-state index >= 15 is 0 Å². The fraction of sp³-hybridized carbons (Fsp3) is 0.154. The molecule has 0 radical (unpaired) electrons. The highest BCUT2D eigenvalue weighted by atomic mass is 16.6. The van der Waals surface area contributed by atoms with E-state index in [1.807, 2.05) is 6.07 Å². The zero-order valence-corrected chi connectivity index (χ0v) is 9.84. The highest BCUT2D eigenvalue weighted by molar-refractivity contribution is 5.68. The average Bonchev–Trinajstić information content (AvgIpc) is 2.46. The van der Waals surface area contributed by atoms with Crippen LogP contribution in [0.25, 0.3) is 11.3 Å². The van der Waals surface area contributed by atoms with Gasteiger partial charge in [-0.15, -0.1) is 0 Å². The van der Waals surface area contributed by atoms with Crippen molar-refractivity contribution in [3.63, 3.8) is 0 Å².